The van der Waals surface area contributed by atoms with Crippen LogP contribution in [0.3, 0.4) is 0 Å². The first-order chi connectivity index (χ1) is 12.8. The largest absolute Gasteiger partial charge is 0.342 e. The molecule has 1 fully saturated rings. The first-order valence-corrected chi connectivity index (χ1v) is 8.91. The molecule has 6 nitrogen and oxygen atoms in total. The molecule has 3 heterocycles. The number of hydrogen-bond acceptors (Lipinski definition) is 4. The van der Waals surface area contributed by atoms with Crippen molar-refractivity contribution in [2.24, 2.45) is 0 Å². The van der Waals surface area contributed by atoms with E-state index in [1.807, 2.05) is 52.2 Å². The van der Waals surface area contributed by atoms with Gasteiger partial charge in [-0.05, 0) is 18.4 Å². The number of benzene rings is 1. The zero-order chi connectivity index (χ0) is 17.8. The molecule has 0 aliphatic carbocycles. The predicted molar refractivity (Wildman–Crippen MR) is 97.9 cm³/mol. The van der Waals surface area contributed by atoms with Gasteiger partial charge in [0.2, 0.25) is 5.91 Å². The maximum Gasteiger partial charge on any atom is 0.227 e. The summed E-state index contributed by atoms with van der Waals surface area (Å²) in [7, 11) is 0. The second-order valence-electron chi connectivity index (χ2n) is 6.61. The monoisotopic (exact) mass is 347 g/mol. The quantitative estimate of drug-likeness (QED) is 0.728. The van der Waals surface area contributed by atoms with E-state index < -0.39 is 0 Å². The fourth-order valence-electron chi connectivity index (χ4n) is 3.41. The van der Waals surface area contributed by atoms with Crippen molar-refractivity contribution in [2.75, 3.05) is 13.1 Å². The van der Waals surface area contributed by atoms with E-state index in [0.717, 1.165) is 36.5 Å². The molecule has 2 aromatic heterocycles. The van der Waals surface area contributed by atoms with Crippen molar-refractivity contribution in [3.8, 4) is 5.82 Å². The number of imidazole rings is 1. The van der Waals surface area contributed by atoms with Crippen LogP contribution >= 0.6 is 0 Å². The molecule has 4 rings (SSSR count). The van der Waals surface area contributed by atoms with Gasteiger partial charge in [0, 0.05) is 37.6 Å². The summed E-state index contributed by atoms with van der Waals surface area (Å²) in [4.78, 5) is 27.8. The van der Waals surface area contributed by atoms with Gasteiger partial charge in [-0.1, -0.05) is 30.3 Å². The highest BCUT2D eigenvalue weighted by Gasteiger charge is 2.26. The van der Waals surface area contributed by atoms with Gasteiger partial charge in [0.05, 0.1) is 18.3 Å². The number of amides is 1. The van der Waals surface area contributed by atoms with Crippen LogP contribution in [-0.4, -0.2) is 43.4 Å². The Bertz CT molecular complexity index is 863. The lowest BCUT2D eigenvalue weighted by atomic mass is 9.94. The number of carbonyl (C=O) groups excluding carboxylic acids is 1. The fourth-order valence-corrected chi connectivity index (χ4v) is 3.41. The molecule has 26 heavy (non-hydrogen) atoms. The van der Waals surface area contributed by atoms with Crippen molar-refractivity contribution in [3.63, 3.8) is 0 Å². The van der Waals surface area contributed by atoms with E-state index in [-0.39, 0.29) is 11.8 Å². The van der Waals surface area contributed by atoms with Crippen molar-refractivity contribution in [3.05, 3.63) is 72.7 Å². The third-order valence-corrected chi connectivity index (χ3v) is 4.80. The van der Waals surface area contributed by atoms with E-state index in [9.17, 15) is 4.79 Å². The van der Waals surface area contributed by atoms with Gasteiger partial charge in [0.25, 0.3) is 0 Å². The molecule has 1 unspecified atom stereocenters. The highest BCUT2D eigenvalue weighted by Crippen LogP contribution is 2.26. The number of aromatic nitrogens is 4. The minimum atomic E-state index is 0.180. The second kappa shape index (κ2) is 7.47. The molecule has 1 aromatic carbocycles. The van der Waals surface area contributed by atoms with E-state index in [0.29, 0.717) is 13.0 Å². The van der Waals surface area contributed by atoms with Crippen LogP contribution in [0.2, 0.25) is 0 Å². The van der Waals surface area contributed by atoms with Crippen LogP contribution < -0.4 is 0 Å². The van der Waals surface area contributed by atoms with Crippen molar-refractivity contribution >= 4 is 5.91 Å². The summed E-state index contributed by atoms with van der Waals surface area (Å²) in [5.41, 5.74) is 2.00. The summed E-state index contributed by atoms with van der Waals surface area (Å²) in [6.45, 7) is 1.52. The van der Waals surface area contributed by atoms with Crippen molar-refractivity contribution in [1.29, 1.82) is 0 Å². The molecule has 1 aliphatic rings. The van der Waals surface area contributed by atoms with Gasteiger partial charge in [0.15, 0.2) is 5.82 Å². The zero-order valence-corrected chi connectivity index (χ0v) is 14.5. The predicted octanol–water partition coefficient (Wildman–Crippen LogP) is 2.61. The van der Waals surface area contributed by atoms with Gasteiger partial charge in [-0.25, -0.2) is 9.97 Å². The van der Waals surface area contributed by atoms with Crippen LogP contribution in [0.25, 0.3) is 5.82 Å². The summed E-state index contributed by atoms with van der Waals surface area (Å²) in [6, 6.07) is 9.91. The Hall–Kier alpha value is -3.02. The first kappa shape index (κ1) is 16.4. The average Bonchev–Trinajstić information content (AvgIpc) is 3.24. The Kier molecular flexibility index (Phi) is 4.73. The number of hydrogen-bond donors (Lipinski definition) is 0. The standard InChI is InChI=1S/C20H21N5O/c26-20(11-16-5-2-1-3-6-16)24-9-4-7-17(14-24)18-12-22-13-19(23-18)25-10-8-21-15-25/h1-3,5-6,8,10,12-13,15,17H,4,7,9,11,14H2. The Labute approximate surface area is 152 Å². The molecule has 1 atom stereocenters. The van der Waals surface area contributed by atoms with Crippen LogP contribution in [0.15, 0.2) is 61.4 Å². The van der Waals surface area contributed by atoms with Gasteiger partial charge in [-0.15, -0.1) is 0 Å². The van der Waals surface area contributed by atoms with Crippen LogP contribution in [-0.2, 0) is 11.2 Å². The zero-order valence-electron chi connectivity index (χ0n) is 14.5. The number of nitrogens with zero attached hydrogens (tertiary/aromatic N) is 5. The second-order valence-corrected chi connectivity index (χ2v) is 6.61. The molecule has 0 saturated carbocycles. The van der Waals surface area contributed by atoms with Crippen LogP contribution in [0.4, 0.5) is 0 Å². The number of carbonyl (C=O) groups is 1. The molecule has 0 N–H and O–H groups in total. The molecule has 0 spiro atoms. The number of piperidine rings is 1. The number of rotatable bonds is 4. The lowest BCUT2D eigenvalue weighted by molar-refractivity contribution is -0.131. The highest BCUT2D eigenvalue weighted by molar-refractivity contribution is 5.79. The van der Waals surface area contributed by atoms with Crippen LogP contribution in [0, 0.1) is 0 Å². The normalized spacial score (nSPS) is 17.2. The van der Waals surface area contributed by atoms with Crippen LogP contribution in [0.5, 0.6) is 0 Å². The third-order valence-electron chi connectivity index (χ3n) is 4.80. The average molecular weight is 347 g/mol. The fraction of sp³-hybridized carbons (Fsp3) is 0.300. The lowest BCUT2D eigenvalue weighted by Crippen LogP contribution is -2.40. The highest BCUT2D eigenvalue weighted by atomic mass is 16.2. The van der Waals surface area contributed by atoms with Crippen LogP contribution in [0.1, 0.15) is 30.0 Å². The van der Waals surface area contributed by atoms with E-state index in [1.165, 1.54) is 0 Å². The minimum Gasteiger partial charge on any atom is -0.342 e. The van der Waals surface area contributed by atoms with E-state index in [4.69, 9.17) is 4.98 Å². The van der Waals surface area contributed by atoms with Crippen molar-refractivity contribution in [1.82, 2.24) is 24.4 Å². The minimum absolute atomic E-state index is 0.180. The van der Waals surface area contributed by atoms with E-state index in [2.05, 4.69) is 9.97 Å². The molecule has 1 amide bonds. The first-order valence-electron chi connectivity index (χ1n) is 8.91. The summed E-state index contributed by atoms with van der Waals surface area (Å²) < 4.78 is 1.84. The maximum absolute atomic E-state index is 12.7. The molecule has 1 saturated heterocycles. The van der Waals surface area contributed by atoms with Crippen molar-refractivity contribution in [2.45, 2.75) is 25.2 Å². The summed E-state index contributed by atoms with van der Waals surface area (Å²) in [5.74, 6) is 1.16. The molecule has 1 aliphatic heterocycles. The molecular formula is C20H21N5O. The van der Waals surface area contributed by atoms with Gasteiger partial charge >= 0.3 is 0 Å². The maximum atomic E-state index is 12.7. The lowest BCUT2D eigenvalue weighted by Gasteiger charge is -2.32. The molecule has 0 bridgehead atoms. The topological polar surface area (TPSA) is 63.9 Å². The molecule has 3 aromatic rings. The Morgan fingerprint density at radius 2 is 2.04 bits per heavy atom. The molecule has 132 valence electrons. The van der Waals surface area contributed by atoms with Gasteiger partial charge in [0.1, 0.15) is 6.33 Å². The summed E-state index contributed by atoms with van der Waals surface area (Å²) >= 11 is 0. The Balaban J connectivity index is 1.47. The van der Waals surface area contributed by atoms with Gasteiger partial charge in [-0.3, -0.25) is 14.3 Å². The summed E-state index contributed by atoms with van der Waals surface area (Å²) in [5, 5.41) is 0. The van der Waals surface area contributed by atoms with Gasteiger partial charge < -0.3 is 4.90 Å². The molecule has 0 radical (unpaired) electrons. The number of likely N-dealkylation sites (tertiary alicyclic amines) is 1. The third kappa shape index (κ3) is 3.64. The van der Waals surface area contributed by atoms with E-state index >= 15 is 0 Å². The summed E-state index contributed by atoms with van der Waals surface area (Å²) in [6.07, 6.45) is 11.3. The van der Waals surface area contributed by atoms with E-state index in [1.54, 1.807) is 18.7 Å². The molecule has 6 heteroatoms. The SMILES string of the molecule is O=C(Cc1ccccc1)N1CCCC(c2cncc(-n3ccnc3)n2)C1. The smallest absolute Gasteiger partial charge is 0.227 e. The van der Waals surface area contributed by atoms with Gasteiger partial charge in [-0.2, -0.15) is 0 Å². The Morgan fingerprint density at radius 3 is 2.85 bits per heavy atom. The Morgan fingerprint density at radius 1 is 1.15 bits per heavy atom. The molecular weight excluding hydrogens is 326 g/mol. The van der Waals surface area contributed by atoms with Crippen molar-refractivity contribution < 1.29 is 4.79 Å².